The van der Waals surface area contributed by atoms with Crippen LogP contribution >= 0.6 is 0 Å². The van der Waals surface area contributed by atoms with E-state index in [1.165, 1.54) is 0 Å². The summed E-state index contributed by atoms with van der Waals surface area (Å²) in [6.45, 7) is 7.99. The van der Waals surface area contributed by atoms with Gasteiger partial charge in [0.2, 0.25) is 0 Å². The van der Waals surface area contributed by atoms with E-state index in [-0.39, 0.29) is 6.04 Å². The molecule has 0 bridgehead atoms. The van der Waals surface area contributed by atoms with Crippen LogP contribution < -0.4 is 5.73 Å². The number of hydrogen-bond donors (Lipinski definition) is 1. The standard InChI is InChI=1S/C8H16N2/c1-4-10(5-2)7-6-8(3)9/h8H,4-5,9H2,1-3H3. The maximum atomic E-state index is 5.45. The highest BCUT2D eigenvalue weighted by molar-refractivity contribution is 5.03. The molecule has 0 heterocycles. The van der Waals surface area contributed by atoms with Crippen LogP contribution in [0, 0.1) is 12.0 Å². The third kappa shape index (κ3) is 4.22. The van der Waals surface area contributed by atoms with Gasteiger partial charge in [-0.15, -0.1) is 0 Å². The van der Waals surface area contributed by atoms with Gasteiger partial charge in [-0.3, -0.25) is 0 Å². The quantitative estimate of drug-likeness (QED) is 0.450. The van der Waals surface area contributed by atoms with Crippen LogP contribution in [0.2, 0.25) is 0 Å². The minimum absolute atomic E-state index is 0.0133. The second kappa shape index (κ2) is 5.13. The van der Waals surface area contributed by atoms with Crippen molar-refractivity contribution in [1.82, 2.24) is 4.90 Å². The lowest BCUT2D eigenvalue weighted by Gasteiger charge is -2.10. The maximum Gasteiger partial charge on any atom is 0.0654 e. The highest BCUT2D eigenvalue weighted by atomic mass is 15.1. The first-order valence-electron chi connectivity index (χ1n) is 3.72. The fraction of sp³-hybridized carbons (Fsp3) is 0.750. The maximum absolute atomic E-state index is 5.45. The summed E-state index contributed by atoms with van der Waals surface area (Å²) >= 11 is 0. The van der Waals surface area contributed by atoms with E-state index in [2.05, 4.69) is 25.8 Å². The topological polar surface area (TPSA) is 29.3 Å². The summed E-state index contributed by atoms with van der Waals surface area (Å²) in [6, 6.07) is 2.96. The Kier molecular flexibility index (Phi) is 4.78. The Bertz CT molecular complexity index is 126. The Balaban J connectivity index is 3.74. The monoisotopic (exact) mass is 140 g/mol. The summed E-state index contributed by atoms with van der Waals surface area (Å²) < 4.78 is 0. The van der Waals surface area contributed by atoms with Gasteiger partial charge in [0.25, 0.3) is 0 Å². The molecule has 2 nitrogen and oxygen atoms in total. The van der Waals surface area contributed by atoms with Crippen LogP contribution in [0.5, 0.6) is 0 Å². The van der Waals surface area contributed by atoms with Crippen molar-refractivity contribution in [3.63, 3.8) is 0 Å². The van der Waals surface area contributed by atoms with E-state index in [9.17, 15) is 0 Å². The Morgan fingerprint density at radius 2 is 1.90 bits per heavy atom. The van der Waals surface area contributed by atoms with Gasteiger partial charge in [-0.2, -0.15) is 0 Å². The van der Waals surface area contributed by atoms with Crippen molar-refractivity contribution in [2.75, 3.05) is 13.1 Å². The lowest BCUT2D eigenvalue weighted by atomic mass is 10.4. The van der Waals surface area contributed by atoms with E-state index in [1.54, 1.807) is 0 Å². The molecular formula is C8H16N2. The number of nitrogens with two attached hydrogens (primary N) is 1. The zero-order valence-corrected chi connectivity index (χ0v) is 7.02. The molecule has 0 radical (unpaired) electrons. The molecule has 1 unspecified atom stereocenters. The molecule has 2 heteroatoms. The van der Waals surface area contributed by atoms with Crippen LogP contribution in [-0.2, 0) is 0 Å². The van der Waals surface area contributed by atoms with Gasteiger partial charge in [-0.05, 0) is 20.8 Å². The molecule has 0 spiro atoms. The van der Waals surface area contributed by atoms with Gasteiger partial charge in [0.15, 0.2) is 0 Å². The van der Waals surface area contributed by atoms with Crippen LogP contribution in [0.25, 0.3) is 0 Å². The Morgan fingerprint density at radius 1 is 1.40 bits per heavy atom. The van der Waals surface area contributed by atoms with Gasteiger partial charge in [-0.25, -0.2) is 0 Å². The third-order valence-corrected chi connectivity index (χ3v) is 1.21. The Labute approximate surface area is 63.4 Å². The molecule has 0 saturated heterocycles. The van der Waals surface area contributed by atoms with Crippen LogP contribution in [-0.4, -0.2) is 24.0 Å². The normalized spacial score (nSPS) is 11.6. The predicted octanol–water partition coefficient (Wildman–Crippen LogP) is 0.636. The summed E-state index contributed by atoms with van der Waals surface area (Å²) in [5.41, 5.74) is 5.45. The van der Waals surface area contributed by atoms with E-state index in [0.717, 1.165) is 13.1 Å². The number of hydrogen-bond acceptors (Lipinski definition) is 2. The van der Waals surface area contributed by atoms with E-state index < -0.39 is 0 Å². The van der Waals surface area contributed by atoms with Crippen molar-refractivity contribution in [2.45, 2.75) is 26.8 Å². The van der Waals surface area contributed by atoms with Gasteiger partial charge in [0.1, 0.15) is 0 Å². The summed E-state index contributed by atoms with van der Waals surface area (Å²) in [5, 5.41) is 0. The van der Waals surface area contributed by atoms with Crippen LogP contribution in [0.3, 0.4) is 0 Å². The van der Waals surface area contributed by atoms with Crippen molar-refractivity contribution < 1.29 is 0 Å². The summed E-state index contributed by atoms with van der Waals surface area (Å²) in [5.74, 6) is 2.90. The Hall–Kier alpha value is -0.680. The Morgan fingerprint density at radius 3 is 2.20 bits per heavy atom. The van der Waals surface area contributed by atoms with Crippen LogP contribution in [0.1, 0.15) is 20.8 Å². The summed E-state index contributed by atoms with van der Waals surface area (Å²) in [7, 11) is 0. The largest absolute Gasteiger partial charge is 0.333 e. The third-order valence-electron chi connectivity index (χ3n) is 1.21. The van der Waals surface area contributed by atoms with Gasteiger partial charge >= 0.3 is 0 Å². The molecule has 0 aliphatic heterocycles. The lowest BCUT2D eigenvalue weighted by molar-refractivity contribution is 0.443. The zero-order chi connectivity index (χ0) is 7.98. The molecule has 0 aliphatic carbocycles. The number of rotatable bonds is 2. The first-order chi connectivity index (χ1) is 4.70. The first-order valence-corrected chi connectivity index (χ1v) is 3.72. The van der Waals surface area contributed by atoms with E-state index in [1.807, 2.05) is 11.8 Å². The first kappa shape index (κ1) is 9.32. The number of nitrogens with zero attached hydrogens (tertiary/aromatic N) is 1. The van der Waals surface area contributed by atoms with Crippen molar-refractivity contribution >= 4 is 0 Å². The van der Waals surface area contributed by atoms with E-state index in [0.29, 0.717) is 0 Å². The molecule has 0 amide bonds. The predicted molar refractivity (Wildman–Crippen MR) is 44.3 cm³/mol. The lowest BCUT2D eigenvalue weighted by Crippen LogP contribution is -2.18. The fourth-order valence-corrected chi connectivity index (χ4v) is 0.575. The fourth-order valence-electron chi connectivity index (χ4n) is 0.575. The molecular weight excluding hydrogens is 124 g/mol. The molecule has 10 heavy (non-hydrogen) atoms. The van der Waals surface area contributed by atoms with Crippen molar-refractivity contribution in [3.05, 3.63) is 0 Å². The second-order valence-corrected chi connectivity index (χ2v) is 2.22. The van der Waals surface area contributed by atoms with Crippen LogP contribution in [0.15, 0.2) is 0 Å². The SMILES string of the molecule is CCN(C#CC(C)N)CC. The minimum Gasteiger partial charge on any atom is -0.333 e. The van der Waals surface area contributed by atoms with E-state index >= 15 is 0 Å². The minimum atomic E-state index is -0.0133. The van der Waals surface area contributed by atoms with Gasteiger partial charge < -0.3 is 10.6 Å². The molecule has 0 rings (SSSR count). The molecule has 58 valence electrons. The molecule has 0 aromatic carbocycles. The smallest absolute Gasteiger partial charge is 0.0654 e. The second-order valence-electron chi connectivity index (χ2n) is 2.22. The van der Waals surface area contributed by atoms with Crippen molar-refractivity contribution in [3.8, 4) is 12.0 Å². The average Bonchev–Trinajstić information content (AvgIpc) is 1.90. The molecule has 0 aromatic rings. The van der Waals surface area contributed by atoms with Crippen molar-refractivity contribution in [1.29, 1.82) is 0 Å². The molecule has 2 N–H and O–H groups in total. The molecule has 0 saturated carbocycles. The van der Waals surface area contributed by atoms with Gasteiger partial charge in [-0.1, -0.05) is 5.92 Å². The molecule has 0 aliphatic rings. The molecule has 0 aromatic heterocycles. The summed E-state index contributed by atoms with van der Waals surface area (Å²) in [4.78, 5) is 2.03. The highest BCUT2D eigenvalue weighted by Gasteiger charge is 1.88. The van der Waals surface area contributed by atoms with E-state index in [4.69, 9.17) is 5.73 Å². The van der Waals surface area contributed by atoms with Gasteiger partial charge in [0.05, 0.1) is 6.04 Å². The zero-order valence-electron chi connectivity index (χ0n) is 7.02. The van der Waals surface area contributed by atoms with Crippen molar-refractivity contribution in [2.24, 2.45) is 5.73 Å². The van der Waals surface area contributed by atoms with Crippen LogP contribution in [0.4, 0.5) is 0 Å². The van der Waals surface area contributed by atoms with Gasteiger partial charge in [0, 0.05) is 19.1 Å². The molecule has 0 fully saturated rings. The molecule has 1 atom stereocenters. The summed E-state index contributed by atoms with van der Waals surface area (Å²) in [6.07, 6.45) is 0. The average molecular weight is 140 g/mol. The highest BCUT2D eigenvalue weighted by Crippen LogP contribution is 1.81.